The lowest BCUT2D eigenvalue weighted by atomic mass is 10.3. The molecular formula is C15H15Cl2N3O3. The van der Waals surface area contributed by atoms with E-state index in [0.717, 1.165) is 0 Å². The van der Waals surface area contributed by atoms with Crippen molar-refractivity contribution in [3.05, 3.63) is 45.8 Å². The van der Waals surface area contributed by atoms with Gasteiger partial charge in [0.2, 0.25) is 5.91 Å². The van der Waals surface area contributed by atoms with E-state index < -0.39 is 5.91 Å². The maximum Gasteiger partial charge on any atom is 0.276 e. The Morgan fingerprint density at radius 3 is 2.48 bits per heavy atom. The van der Waals surface area contributed by atoms with E-state index in [1.165, 1.54) is 11.0 Å². The van der Waals surface area contributed by atoms with Crippen LogP contribution in [0.2, 0.25) is 10.0 Å². The topological polar surface area (TPSA) is 75.4 Å². The second kappa shape index (κ2) is 7.48. The van der Waals surface area contributed by atoms with Gasteiger partial charge in [-0.3, -0.25) is 9.59 Å². The number of amides is 2. The quantitative estimate of drug-likeness (QED) is 0.891. The van der Waals surface area contributed by atoms with Crippen molar-refractivity contribution >= 4 is 40.7 Å². The number of anilines is 1. The molecule has 0 aliphatic heterocycles. The number of nitrogens with one attached hydrogen (secondary N) is 1. The van der Waals surface area contributed by atoms with Gasteiger partial charge in [0.05, 0.1) is 15.7 Å². The zero-order valence-electron chi connectivity index (χ0n) is 12.6. The predicted octanol–water partition coefficient (Wildman–Crippen LogP) is 3.39. The Morgan fingerprint density at radius 2 is 1.96 bits per heavy atom. The number of benzene rings is 1. The van der Waals surface area contributed by atoms with Crippen molar-refractivity contribution in [2.45, 2.75) is 13.8 Å². The molecule has 0 fully saturated rings. The molecule has 122 valence electrons. The van der Waals surface area contributed by atoms with Crippen LogP contribution in [-0.2, 0) is 4.79 Å². The first-order valence-electron chi connectivity index (χ1n) is 6.88. The number of para-hydroxylation sites is 1. The molecule has 2 aromatic rings. The van der Waals surface area contributed by atoms with Gasteiger partial charge in [0.1, 0.15) is 12.3 Å². The van der Waals surface area contributed by atoms with E-state index in [-0.39, 0.29) is 18.1 Å². The smallest absolute Gasteiger partial charge is 0.276 e. The monoisotopic (exact) mass is 355 g/mol. The molecule has 6 nitrogen and oxygen atoms in total. The number of aromatic nitrogens is 1. The summed E-state index contributed by atoms with van der Waals surface area (Å²) >= 11 is 12.0. The fourth-order valence-electron chi connectivity index (χ4n) is 1.93. The van der Waals surface area contributed by atoms with Gasteiger partial charge in [-0.05, 0) is 26.0 Å². The van der Waals surface area contributed by atoms with Crippen LogP contribution in [0.5, 0.6) is 0 Å². The molecule has 8 heteroatoms. The highest BCUT2D eigenvalue weighted by Crippen LogP contribution is 2.29. The lowest BCUT2D eigenvalue weighted by Crippen LogP contribution is -2.38. The van der Waals surface area contributed by atoms with Crippen molar-refractivity contribution in [2.24, 2.45) is 0 Å². The Labute approximate surface area is 143 Å². The highest BCUT2D eigenvalue weighted by molar-refractivity contribution is 6.39. The molecular weight excluding hydrogens is 341 g/mol. The van der Waals surface area contributed by atoms with Gasteiger partial charge in [-0.1, -0.05) is 34.4 Å². The first-order valence-corrected chi connectivity index (χ1v) is 7.64. The number of halogens is 2. The summed E-state index contributed by atoms with van der Waals surface area (Å²) in [7, 11) is 0. The minimum Gasteiger partial charge on any atom is -0.361 e. The summed E-state index contributed by atoms with van der Waals surface area (Å²) < 4.78 is 4.88. The molecule has 0 spiro atoms. The van der Waals surface area contributed by atoms with Crippen LogP contribution in [0.3, 0.4) is 0 Å². The maximum atomic E-state index is 12.3. The number of nitrogens with zero attached hydrogens (tertiary/aromatic N) is 2. The van der Waals surface area contributed by atoms with Gasteiger partial charge in [-0.2, -0.15) is 0 Å². The second-order valence-electron chi connectivity index (χ2n) is 4.79. The summed E-state index contributed by atoms with van der Waals surface area (Å²) in [5.74, 6) is -0.267. The van der Waals surface area contributed by atoms with Crippen LogP contribution in [0.1, 0.15) is 23.2 Å². The Bertz CT molecular complexity index is 710. The Morgan fingerprint density at radius 1 is 1.30 bits per heavy atom. The number of likely N-dealkylation sites (N-methyl/N-ethyl adjacent to an activating group) is 1. The molecule has 0 aliphatic rings. The van der Waals surface area contributed by atoms with Gasteiger partial charge in [0.15, 0.2) is 5.69 Å². The average Bonchev–Trinajstić information content (AvgIpc) is 2.94. The summed E-state index contributed by atoms with van der Waals surface area (Å²) in [6.07, 6.45) is 0. The van der Waals surface area contributed by atoms with Crippen LogP contribution >= 0.6 is 23.2 Å². The lowest BCUT2D eigenvalue weighted by Gasteiger charge is -2.19. The summed E-state index contributed by atoms with van der Waals surface area (Å²) in [6, 6.07) is 6.43. The SMILES string of the molecule is CCN(CC(=O)Nc1c(Cl)cccc1Cl)C(=O)c1cc(C)on1. The Kier molecular flexibility index (Phi) is 5.63. The molecule has 1 aromatic heterocycles. The number of carbonyl (C=O) groups is 2. The molecule has 0 radical (unpaired) electrons. The number of hydrogen-bond donors (Lipinski definition) is 1. The number of hydrogen-bond acceptors (Lipinski definition) is 4. The highest BCUT2D eigenvalue weighted by Gasteiger charge is 2.21. The van der Waals surface area contributed by atoms with Gasteiger partial charge in [0.25, 0.3) is 5.91 Å². The lowest BCUT2D eigenvalue weighted by molar-refractivity contribution is -0.116. The van der Waals surface area contributed by atoms with Crippen molar-refractivity contribution in [3.8, 4) is 0 Å². The van der Waals surface area contributed by atoms with E-state index in [1.54, 1.807) is 32.0 Å². The Balaban J connectivity index is 2.07. The van der Waals surface area contributed by atoms with Gasteiger partial charge in [-0.25, -0.2) is 0 Å². The van der Waals surface area contributed by atoms with Crippen molar-refractivity contribution in [3.63, 3.8) is 0 Å². The van der Waals surface area contributed by atoms with Crippen LogP contribution < -0.4 is 5.32 Å². The van der Waals surface area contributed by atoms with E-state index in [2.05, 4.69) is 10.5 Å². The molecule has 1 heterocycles. The third-order valence-electron chi connectivity index (χ3n) is 3.08. The summed E-state index contributed by atoms with van der Waals surface area (Å²) in [6.45, 7) is 3.64. The summed E-state index contributed by atoms with van der Waals surface area (Å²) in [5, 5.41) is 6.93. The first-order chi connectivity index (χ1) is 10.9. The zero-order chi connectivity index (χ0) is 17.0. The molecule has 0 aliphatic carbocycles. The summed E-state index contributed by atoms with van der Waals surface area (Å²) in [4.78, 5) is 25.8. The van der Waals surface area contributed by atoms with Crippen LogP contribution in [0.15, 0.2) is 28.8 Å². The second-order valence-corrected chi connectivity index (χ2v) is 5.60. The largest absolute Gasteiger partial charge is 0.361 e. The number of rotatable bonds is 5. The molecule has 0 unspecified atom stereocenters. The average molecular weight is 356 g/mol. The standard InChI is InChI=1S/C15H15Cl2N3O3/c1-3-20(15(22)12-7-9(2)23-19-12)8-13(21)18-14-10(16)5-4-6-11(14)17/h4-7H,3,8H2,1-2H3,(H,18,21). The molecule has 1 aromatic carbocycles. The fourth-order valence-corrected chi connectivity index (χ4v) is 2.42. The van der Waals surface area contributed by atoms with Gasteiger partial charge >= 0.3 is 0 Å². The molecule has 0 bridgehead atoms. The van der Waals surface area contributed by atoms with Gasteiger partial charge < -0.3 is 14.7 Å². The molecule has 1 N–H and O–H groups in total. The summed E-state index contributed by atoms with van der Waals surface area (Å²) in [5.41, 5.74) is 0.481. The van der Waals surface area contributed by atoms with E-state index in [9.17, 15) is 9.59 Å². The highest BCUT2D eigenvalue weighted by atomic mass is 35.5. The first kappa shape index (κ1) is 17.3. The van der Waals surface area contributed by atoms with Crippen LogP contribution in [0.25, 0.3) is 0 Å². The zero-order valence-corrected chi connectivity index (χ0v) is 14.1. The van der Waals surface area contributed by atoms with Crippen molar-refractivity contribution < 1.29 is 14.1 Å². The maximum absolute atomic E-state index is 12.3. The minimum absolute atomic E-state index is 0.150. The normalized spacial score (nSPS) is 10.4. The molecule has 2 rings (SSSR count). The van der Waals surface area contributed by atoms with Crippen LogP contribution in [-0.4, -0.2) is 35.0 Å². The van der Waals surface area contributed by atoms with Crippen molar-refractivity contribution in [2.75, 3.05) is 18.4 Å². The van der Waals surface area contributed by atoms with Crippen LogP contribution in [0.4, 0.5) is 5.69 Å². The predicted molar refractivity (Wildman–Crippen MR) is 87.9 cm³/mol. The molecule has 0 atom stereocenters. The van der Waals surface area contributed by atoms with Crippen LogP contribution in [0, 0.1) is 6.92 Å². The number of aryl methyl sites for hydroxylation is 1. The van der Waals surface area contributed by atoms with E-state index in [0.29, 0.717) is 28.0 Å². The molecule has 0 saturated heterocycles. The van der Waals surface area contributed by atoms with Crippen molar-refractivity contribution in [1.82, 2.24) is 10.1 Å². The fraction of sp³-hybridized carbons (Fsp3) is 0.267. The van der Waals surface area contributed by atoms with E-state index in [1.807, 2.05) is 0 Å². The van der Waals surface area contributed by atoms with E-state index in [4.69, 9.17) is 27.7 Å². The minimum atomic E-state index is -0.407. The third kappa shape index (κ3) is 4.24. The third-order valence-corrected chi connectivity index (χ3v) is 3.71. The van der Waals surface area contributed by atoms with Crippen molar-refractivity contribution in [1.29, 1.82) is 0 Å². The Hall–Kier alpha value is -2.05. The molecule has 0 saturated carbocycles. The van der Waals surface area contributed by atoms with Gasteiger partial charge in [-0.15, -0.1) is 0 Å². The molecule has 23 heavy (non-hydrogen) atoms. The molecule has 2 amide bonds. The van der Waals surface area contributed by atoms with E-state index >= 15 is 0 Å². The van der Waals surface area contributed by atoms with Gasteiger partial charge in [0, 0.05) is 12.6 Å². The number of carbonyl (C=O) groups excluding carboxylic acids is 2.